The van der Waals surface area contributed by atoms with Gasteiger partial charge in [-0.05, 0) is 18.8 Å². The lowest BCUT2D eigenvalue weighted by Crippen LogP contribution is -2.40. The summed E-state index contributed by atoms with van der Waals surface area (Å²) in [4.78, 5) is 16.2. The summed E-state index contributed by atoms with van der Waals surface area (Å²) in [5.74, 6) is 1.25. The molecule has 0 spiro atoms. The molecule has 0 amide bonds. The SMILES string of the molecule is CCC1CSC(NC(CC(C)C)C(=O)OC)=N1. The predicted molar refractivity (Wildman–Crippen MR) is 72.4 cm³/mol. The molecule has 2 atom stereocenters. The number of carbonyl (C=O) groups excluding carboxylic acids is 1. The van der Waals surface area contributed by atoms with E-state index in [1.807, 2.05) is 0 Å². The van der Waals surface area contributed by atoms with Crippen LogP contribution in [0.15, 0.2) is 4.99 Å². The number of aliphatic imine (C=N–C) groups is 1. The van der Waals surface area contributed by atoms with Gasteiger partial charge in [0.15, 0.2) is 5.17 Å². The summed E-state index contributed by atoms with van der Waals surface area (Å²) in [6.45, 7) is 6.32. The van der Waals surface area contributed by atoms with Gasteiger partial charge in [-0.1, -0.05) is 32.5 Å². The summed E-state index contributed by atoms with van der Waals surface area (Å²) in [7, 11) is 1.43. The van der Waals surface area contributed by atoms with Crippen molar-refractivity contribution in [3.8, 4) is 0 Å². The average molecular weight is 258 g/mol. The number of carbonyl (C=O) groups is 1. The number of nitrogens with one attached hydrogen (secondary N) is 1. The van der Waals surface area contributed by atoms with Crippen molar-refractivity contribution in [2.24, 2.45) is 10.9 Å². The van der Waals surface area contributed by atoms with Crippen LogP contribution in [0.25, 0.3) is 0 Å². The van der Waals surface area contributed by atoms with Gasteiger partial charge >= 0.3 is 5.97 Å². The van der Waals surface area contributed by atoms with E-state index in [0.717, 1.165) is 23.8 Å². The van der Waals surface area contributed by atoms with E-state index >= 15 is 0 Å². The van der Waals surface area contributed by atoms with Crippen molar-refractivity contribution in [1.82, 2.24) is 5.32 Å². The topological polar surface area (TPSA) is 50.7 Å². The Balaban J connectivity index is 2.57. The molecule has 0 radical (unpaired) electrons. The Morgan fingerprint density at radius 2 is 2.35 bits per heavy atom. The van der Waals surface area contributed by atoms with Crippen molar-refractivity contribution in [2.45, 2.75) is 45.7 Å². The first-order chi connectivity index (χ1) is 8.06. The van der Waals surface area contributed by atoms with Crippen LogP contribution in [0.4, 0.5) is 0 Å². The van der Waals surface area contributed by atoms with E-state index in [9.17, 15) is 4.79 Å². The van der Waals surface area contributed by atoms with Gasteiger partial charge in [-0.3, -0.25) is 4.99 Å². The van der Waals surface area contributed by atoms with Crippen LogP contribution >= 0.6 is 11.8 Å². The fourth-order valence-corrected chi connectivity index (χ4v) is 2.79. The Morgan fingerprint density at radius 1 is 1.65 bits per heavy atom. The second kappa shape index (κ2) is 6.89. The summed E-state index contributed by atoms with van der Waals surface area (Å²) in [6.07, 6.45) is 1.81. The highest BCUT2D eigenvalue weighted by molar-refractivity contribution is 8.14. The van der Waals surface area contributed by atoms with Crippen molar-refractivity contribution in [3.05, 3.63) is 0 Å². The molecule has 1 aliphatic rings. The lowest BCUT2D eigenvalue weighted by atomic mass is 10.0. The average Bonchev–Trinajstić information content (AvgIpc) is 2.74. The Hall–Kier alpha value is -0.710. The van der Waals surface area contributed by atoms with Gasteiger partial charge in [0, 0.05) is 5.75 Å². The molecule has 0 aromatic rings. The molecule has 0 aromatic heterocycles. The first kappa shape index (κ1) is 14.4. The van der Waals surface area contributed by atoms with E-state index in [2.05, 4.69) is 31.1 Å². The Kier molecular flexibility index (Phi) is 5.82. The molecular formula is C12H22N2O2S. The third-order valence-electron chi connectivity index (χ3n) is 2.67. The van der Waals surface area contributed by atoms with E-state index in [1.165, 1.54) is 7.11 Å². The molecule has 0 aromatic carbocycles. The van der Waals surface area contributed by atoms with E-state index < -0.39 is 0 Å². The molecule has 2 unspecified atom stereocenters. The van der Waals surface area contributed by atoms with Gasteiger partial charge in [-0.2, -0.15) is 0 Å². The lowest BCUT2D eigenvalue weighted by Gasteiger charge is -2.18. The van der Waals surface area contributed by atoms with E-state index in [4.69, 9.17) is 4.74 Å². The van der Waals surface area contributed by atoms with E-state index in [-0.39, 0.29) is 12.0 Å². The first-order valence-corrected chi connectivity index (χ1v) is 7.10. The standard InChI is InChI=1S/C12H22N2O2S/c1-5-9-7-17-12(13-9)14-10(6-8(2)3)11(15)16-4/h8-10H,5-7H2,1-4H3,(H,13,14). The van der Waals surface area contributed by atoms with Crippen LogP contribution in [0, 0.1) is 5.92 Å². The van der Waals surface area contributed by atoms with E-state index in [0.29, 0.717) is 12.0 Å². The van der Waals surface area contributed by atoms with Crippen LogP contribution in [0.2, 0.25) is 0 Å². The van der Waals surface area contributed by atoms with Gasteiger partial charge in [0.2, 0.25) is 0 Å². The Morgan fingerprint density at radius 3 is 2.82 bits per heavy atom. The number of esters is 1. The molecule has 5 heteroatoms. The van der Waals surface area contributed by atoms with Gasteiger partial charge in [0.1, 0.15) is 6.04 Å². The number of rotatable bonds is 5. The quantitative estimate of drug-likeness (QED) is 0.767. The van der Waals surface area contributed by atoms with Crippen molar-refractivity contribution >= 4 is 22.9 Å². The molecule has 4 nitrogen and oxygen atoms in total. The minimum atomic E-state index is -0.276. The molecular weight excluding hydrogens is 236 g/mol. The summed E-state index contributed by atoms with van der Waals surface area (Å²) < 4.78 is 4.81. The first-order valence-electron chi connectivity index (χ1n) is 6.11. The number of amidine groups is 1. The highest BCUT2D eigenvalue weighted by Gasteiger charge is 2.24. The van der Waals surface area contributed by atoms with Crippen LogP contribution in [0.5, 0.6) is 0 Å². The number of nitrogens with zero attached hydrogens (tertiary/aromatic N) is 1. The van der Waals surface area contributed by atoms with Gasteiger partial charge in [0.05, 0.1) is 13.2 Å². The van der Waals surface area contributed by atoms with Gasteiger partial charge < -0.3 is 10.1 Å². The largest absolute Gasteiger partial charge is 0.467 e. The second-order valence-electron chi connectivity index (χ2n) is 4.66. The summed E-state index contributed by atoms with van der Waals surface area (Å²) >= 11 is 1.69. The Bertz CT molecular complexity index is 292. The molecule has 1 rings (SSSR count). The van der Waals surface area contributed by atoms with Crippen molar-refractivity contribution in [1.29, 1.82) is 0 Å². The smallest absolute Gasteiger partial charge is 0.328 e. The monoisotopic (exact) mass is 258 g/mol. The maximum atomic E-state index is 11.6. The molecule has 0 aliphatic carbocycles. The zero-order valence-corrected chi connectivity index (χ0v) is 11.8. The fraction of sp³-hybridized carbons (Fsp3) is 0.833. The normalized spacial score (nSPS) is 21.2. The number of ether oxygens (including phenoxy) is 1. The zero-order chi connectivity index (χ0) is 12.8. The molecule has 1 heterocycles. The maximum Gasteiger partial charge on any atom is 0.328 e. The number of hydrogen-bond donors (Lipinski definition) is 1. The lowest BCUT2D eigenvalue weighted by molar-refractivity contribution is -0.143. The van der Waals surface area contributed by atoms with Crippen molar-refractivity contribution in [2.75, 3.05) is 12.9 Å². The van der Waals surface area contributed by atoms with Gasteiger partial charge in [0.25, 0.3) is 0 Å². The molecule has 1 aliphatic heterocycles. The van der Waals surface area contributed by atoms with Crippen LogP contribution in [-0.4, -0.2) is 36.1 Å². The summed E-state index contributed by atoms with van der Waals surface area (Å²) in [6, 6.07) is 0.113. The molecule has 0 bridgehead atoms. The van der Waals surface area contributed by atoms with Gasteiger partial charge in [-0.15, -0.1) is 0 Å². The van der Waals surface area contributed by atoms with E-state index in [1.54, 1.807) is 11.8 Å². The van der Waals surface area contributed by atoms with Crippen molar-refractivity contribution in [3.63, 3.8) is 0 Å². The van der Waals surface area contributed by atoms with Crippen LogP contribution in [0.3, 0.4) is 0 Å². The third-order valence-corrected chi connectivity index (χ3v) is 3.72. The molecule has 1 N–H and O–H groups in total. The van der Waals surface area contributed by atoms with Crippen molar-refractivity contribution < 1.29 is 9.53 Å². The van der Waals surface area contributed by atoms with Crippen LogP contribution in [-0.2, 0) is 9.53 Å². The molecule has 98 valence electrons. The van der Waals surface area contributed by atoms with Crippen LogP contribution < -0.4 is 5.32 Å². The number of hydrogen-bond acceptors (Lipinski definition) is 5. The van der Waals surface area contributed by atoms with Gasteiger partial charge in [-0.25, -0.2) is 4.79 Å². The fourth-order valence-electron chi connectivity index (χ4n) is 1.68. The second-order valence-corrected chi connectivity index (χ2v) is 5.67. The molecule has 0 fully saturated rings. The molecule has 17 heavy (non-hydrogen) atoms. The molecule has 0 saturated carbocycles. The Labute approximate surface area is 108 Å². The van der Waals surface area contributed by atoms with Crippen LogP contribution in [0.1, 0.15) is 33.6 Å². The summed E-state index contributed by atoms with van der Waals surface area (Å²) in [5, 5.41) is 4.08. The highest BCUT2D eigenvalue weighted by Crippen LogP contribution is 2.19. The predicted octanol–water partition coefficient (Wildman–Crippen LogP) is 2.05. The molecule has 0 saturated heterocycles. The number of thioether (sulfide) groups is 1. The number of methoxy groups -OCH3 is 1. The third kappa shape index (κ3) is 4.58. The minimum Gasteiger partial charge on any atom is -0.467 e. The highest BCUT2D eigenvalue weighted by atomic mass is 32.2. The zero-order valence-electron chi connectivity index (χ0n) is 11.0. The summed E-state index contributed by atoms with van der Waals surface area (Å²) in [5.41, 5.74) is 0. The minimum absolute atomic E-state index is 0.207. The maximum absolute atomic E-state index is 11.6.